The van der Waals surface area contributed by atoms with E-state index >= 15 is 0 Å². The van der Waals surface area contributed by atoms with Crippen LogP contribution < -0.4 is 0 Å². The van der Waals surface area contributed by atoms with Gasteiger partial charge in [0.15, 0.2) is 4.33 Å². The van der Waals surface area contributed by atoms with Crippen molar-refractivity contribution in [2.45, 2.75) is 14.5 Å². The van der Waals surface area contributed by atoms with E-state index in [0.29, 0.717) is 6.29 Å². The standard InChI is InChI=1S/C4H3Cl5O/c5-3(6,1-2-10)4(7,8)9/h2H,1H2. The number of carbonyl (C=O) groups is 1. The van der Waals surface area contributed by atoms with Crippen LogP contribution in [0.4, 0.5) is 0 Å². The van der Waals surface area contributed by atoms with Crippen molar-refractivity contribution in [3.63, 3.8) is 0 Å². The van der Waals surface area contributed by atoms with Crippen molar-refractivity contribution < 1.29 is 4.79 Å². The first-order chi connectivity index (χ1) is 4.31. The molecule has 0 N–H and O–H groups in total. The Hall–Kier alpha value is 1.12. The molecule has 1 nitrogen and oxygen atoms in total. The molecule has 0 radical (unpaired) electrons. The van der Waals surface area contributed by atoms with Gasteiger partial charge in [-0.15, -0.1) is 0 Å². The number of carbonyl (C=O) groups excluding carboxylic acids is 1. The fourth-order valence-corrected chi connectivity index (χ4v) is 0.578. The molecule has 0 amide bonds. The van der Waals surface area contributed by atoms with Gasteiger partial charge in [0.05, 0.1) is 0 Å². The first-order valence-electron chi connectivity index (χ1n) is 2.19. The Kier molecular flexibility index (Phi) is 4.09. The van der Waals surface area contributed by atoms with Gasteiger partial charge < -0.3 is 4.79 Å². The topological polar surface area (TPSA) is 17.1 Å². The van der Waals surface area contributed by atoms with Crippen LogP contribution in [0.5, 0.6) is 0 Å². The van der Waals surface area contributed by atoms with Gasteiger partial charge in [0.1, 0.15) is 6.29 Å². The molecule has 0 fully saturated rings. The van der Waals surface area contributed by atoms with Crippen LogP contribution in [0.2, 0.25) is 0 Å². The highest BCUT2D eigenvalue weighted by molar-refractivity contribution is 6.75. The summed E-state index contributed by atoms with van der Waals surface area (Å²) >= 11 is 26.8. The smallest absolute Gasteiger partial charge is 0.223 e. The van der Waals surface area contributed by atoms with Gasteiger partial charge in [0.2, 0.25) is 3.79 Å². The van der Waals surface area contributed by atoms with E-state index in [0.717, 1.165) is 0 Å². The number of halogens is 5. The molecule has 0 bridgehead atoms. The number of hydrogen-bond donors (Lipinski definition) is 0. The predicted octanol–water partition coefficient (Wildman–Crippen LogP) is 3.12. The number of hydrogen-bond acceptors (Lipinski definition) is 1. The van der Waals surface area contributed by atoms with E-state index in [-0.39, 0.29) is 6.42 Å². The molecule has 0 heterocycles. The van der Waals surface area contributed by atoms with Gasteiger partial charge in [-0.25, -0.2) is 0 Å². The van der Waals surface area contributed by atoms with Crippen molar-refractivity contribution in [3.05, 3.63) is 0 Å². The van der Waals surface area contributed by atoms with Crippen LogP contribution in [0.1, 0.15) is 6.42 Å². The van der Waals surface area contributed by atoms with E-state index in [1.165, 1.54) is 0 Å². The van der Waals surface area contributed by atoms with E-state index in [9.17, 15) is 4.79 Å². The van der Waals surface area contributed by atoms with Crippen LogP contribution in [0, 0.1) is 0 Å². The van der Waals surface area contributed by atoms with E-state index < -0.39 is 8.13 Å². The molecule has 0 saturated carbocycles. The number of aldehydes is 1. The summed E-state index contributed by atoms with van der Waals surface area (Å²) in [4.78, 5) is 9.92. The molecular formula is C4H3Cl5O. The summed E-state index contributed by atoms with van der Waals surface area (Å²) in [6.45, 7) is 0. The molecular weight excluding hydrogens is 241 g/mol. The lowest BCUT2D eigenvalue weighted by atomic mass is 10.3. The molecule has 0 spiro atoms. The minimum absolute atomic E-state index is 0.216. The second-order valence-corrected chi connectivity index (χ2v) is 5.34. The van der Waals surface area contributed by atoms with Crippen LogP contribution in [-0.4, -0.2) is 14.4 Å². The van der Waals surface area contributed by atoms with E-state index in [1.54, 1.807) is 0 Å². The lowest BCUT2D eigenvalue weighted by Crippen LogP contribution is -2.31. The van der Waals surface area contributed by atoms with Crippen LogP contribution >= 0.6 is 58.0 Å². The number of rotatable bonds is 2. The molecule has 0 unspecified atom stereocenters. The molecule has 0 rings (SSSR count). The van der Waals surface area contributed by atoms with Crippen molar-refractivity contribution in [2.24, 2.45) is 0 Å². The quantitative estimate of drug-likeness (QED) is 0.539. The van der Waals surface area contributed by atoms with Crippen LogP contribution in [0.3, 0.4) is 0 Å². The summed E-state index contributed by atoms with van der Waals surface area (Å²) in [5.74, 6) is 0. The highest BCUT2D eigenvalue weighted by Crippen LogP contribution is 2.47. The molecule has 0 aromatic carbocycles. The van der Waals surface area contributed by atoms with Gasteiger partial charge in [0.25, 0.3) is 0 Å². The van der Waals surface area contributed by atoms with Crippen LogP contribution in [-0.2, 0) is 4.79 Å². The third kappa shape index (κ3) is 3.02. The summed E-state index contributed by atoms with van der Waals surface area (Å²) in [5, 5.41) is 0. The Morgan fingerprint density at radius 2 is 1.50 bits per heavy atom. The molecule has 60 valence electrons. The van der Waals surface area contributed by atoms with Crippen molar-refractivity contribution in [1.82, 2.24) is 0 Å². The van der Waals surface area contributed by atoms with Crippen LogP contribution in [0.15, 0.2) is 0 Å². The third-order valence-corrected chi connectivity index (χ3v) is 3.18. The molecule has 0 aromatic heterocycles. The van der Waals surface area contributed by atoms with E-state index in [4.69, 9.17) is 58.0 Å². The zero-order valence-electron chi connectivity index (χ0n) is 4.58. The normalized spacial score (nSPS) is 13.3. The first-order valence-corrected chi connectivity index (χ1v) is 4.08. The Labute approximate surface area is 83.5 Å². The van der Waals surface area contributed by atoms with E-state index in [1.807, 2.05) is 0 Å². The maximum absolute atomic E-state index is 9.92. The van der Waals surface area contributed by atoms with Gasteiger partial charge in [-0.1, -0.05) is 58.0 Å². The Balaban J connectivity index is 4.23. The maximum Gasteiger partial charge on any atom is 0.223 e. The zero-order valence-corrected chi connectivity index (χ0v) is 8.36. The predicted molar refractivity (Wildman–Crippen MR) is 45.4 cm³/mol. The summed E-state index contributed by atoms with van der Waals surface area (Å²) in [6, 6.07) is 0. The summed E-state index contributed by atoms with van der Waals surface area (Å²) in [7, 11) is 0. The van der Waals surface area contributed by atoms with Crippen molar-refractivity contribution in [3.8, 4) is 0 Å². The fraction of sp³-hybridized carbons (Fsp3) is 0.750. The Bertz CT molecular complexity index is 126. The second kappa shape index (κ2) is 3.68. The van der Waals surface area contributed by atoms with Gasteiger partial charge in [-0.3, -0.25) is 0 Å². The lowest BCUT2D eigenvalue weighted by Gasteiger charge is -2.24. The molecule has 0 atom stereocenters. The van der Waals surface area contributed by atoms with Crippen LogP contribution in [0.25, 0.3) is 0 Å². The largest absolute Gasteiger partial charge is 0.303 e. The molecule has 0 aromatic rings. The zero-order chi connectivity index (χ0) is 8.41. The molecule has 10 heavy (non-hydrogen) atoms. The van der Waals surface area contributed by atoms with Crippen molar-refractivity contribution in [1.29, 1.82) is 0 Å². The monoisotopic (exact) mass is 242 g/mol. The van der Waals surface area contributed by atoms with Gasteiger partial charge in [-0.2, -0.15) is 0 Å². The van der Waals surface area contributed by atoms with Crippen molar-refractivity contribution >= 4 is 64.3 Å². The van der Waals surface area contributed by atoms with E-state index in [2.05, 4.69) is 0 Å². The highest BCUT2D eigenvalue weighted by Gasteiger charge is 2.45. The fourth-order valence-electron chi connectivity index (χ4n) is 0.220. The molecule has 0 aliphatic heterocycles. The van der Waals surface area contributed by atoms with Crippen molar-refractivity contribution in [2.75, 3.05) is 0 Å². The highest BCUT2D eigenvalue weighted by atomic mass is 35.6. The third-order valence-electron chi connectivity index (χ3n) is 0.754. The average molecular weight is 244 g/mol. The molecule has 0 aliphatic carbocycles. The van der Waals surface area contributed by atoms with Gasteiger partial charge >= 0.3 is 0 Å². The number of alkyl halides is 5. The average Bonchev–Trinajstić information content (AvgIpc) is 1.61. The summed E-state index contributed by atoms with van der Waals surface area (Å²) in [5.41, 5.74) is 0. The molecule has 6 heteroatoms. The summed E-state index contributed by atoms with van der Waals surface area (Å²) < 4.78 is -3.48. The second-order valence-electron chi connectivity index (χ2n) is 1.57. The minimum Gasteiger partial charge on any atom is -0.303 e. The SMILES string of the molecule is O=CCC(Cl)(Cl)C(Cl)(Cl)Cl. The van der Waals surface area contributed by atoms with Gasteiger partial charge in [0, 0.05) is 6.42 Å². The van der Waals surface area contributed by atoms with Gasteiger partial charge in [-0.05, 0) is 0 Å². The minimum atomic E-state index is -1.84. The lowest BCUT2D eigenvalue weighted by molar-refractivity contribution is -0.108. The summed E-state index contributed by atoms with van der Waals surface area (Å²) in [6.07, 6.45) is 0.272. The maximum atomic E-state index is 9.92. The Morgan fingerprint density at radius 1 is 1.10 bits per heavy atom. The molecule has 0 saturated heterocycles. The molecule has 0 aliphatic rings. The Morgan fingerprint density at radius 3 is 1.60 bits per heavy atom. The first kappa shape index (κ1) is 11.1.